The third kappa shape index (κ3) is 9.56. The molecule has 0 aliphatic carbocycles. The molecule has 4 aromatic rings. The molecule has 0 N–H and O–H groups in total. The molecule has 10 heteroatoms. The van der Waals surface area contributed by atoms with Gasteiger partial charge in [0.05, 0.1) is 28.9 Å². The number of benzene rings is 4. The van der Waals surface area contributed by atoms with Crippen LogP contribution >= 0.6 is 0 Å². The van der Waals surface area contributed by atoms with Crippen LogP contribution in [0.2, 0.25) is 0 Å². The predicted octanol–water partition coefficient (Wildman–Crippen LogP) is 6.68. The van der Waals surface area contributed by atoms with Crippen molar-refractivity contribution in [1.29, 1.82) is 0 Å². The second kappa shape index (κ2) is 16.9. The van der Waals surface area contributed by atoms with E-state index in [1.54, 1.807) is 97.1 Å². The lowest BCUT2D eigenvalue weighted by Crippen LogP contribution is -2.63. The maximum atomic E-state index is 13.7. The van der Waals surface area contributed by atoms with Crippen LogP contribution in [0, 0.1) is 27.7 Å². The standard InChI is InChI=1S/C41H40O10/c1-6-23-46-41-36(51-40(45)32-21-13-28(5)14-22-32)35(50-39(44)31-19-11-27(4)12-20-31)34(49-38(43)30-17-9-26(3)10-18-30)33(48-41)24-47-37(42)29-15-7-25(2)8-16-29/h6-22,33-36,41H,1,23-24H2,2-5H3/t33-,34-,35+,36+,41+/m1/s1. The van der Waals surface area contributed by atoms with E-state index in [1.807, 2.05) is 27.7 Å². The summed E-state index contributed by atoms with van der Waals surface area (Å²) in [6.45, 7) is 10.7. The zero-order valence-electron chi connectivity index (χ0n) is 28.9. The van der Waals surface area contributed by atoms with Crippen LogP contribution in [0.1, 0.15) is 63.7 Å². The zero-order chi connectivity index (χ0) is 36.5. The summed E-state index contributed by atoms with van der Waals surface area (Å²) < 4.78 is 36.0. The summed E-state index contributed by atoms with van der Waals surface area (Å²) in [7, 11) is 0. The zero-order valence-corrected chi connectivity index (χ0v) is 28.9. The normalized spacial score (nSPS) is 19.7. The highest BCUT2D eigenvalue weighted by Crippen LogP contribution is 2.32. The summed E-state index contributed by atoms with van der Waals surface area (Å²) in [5, 5.41) is 0. The Morgan fingerprint density at radius 2 is 0.902 bits per heavy atom. The van der Waals surface area contributed by atoms with Crippen molar-refractivity contribution >= 4 is 23.9 Å². The van der Waals surface area contributed by atoms with Gasteiger partial charge in [-0.15, -0.1) is 6.58 Å². The van der Waals surface area contributed by atoms with E-state index in [1.165, 1.54) is 6.08 Å². The van der Waals surface area contributed by atoms with Gasteiger partial charge in [0.25, 0.3) is 0 Å². The van der Waals surface area contributed by atoms with Crippen LogP contribution in [-0.2, 0) is 28.4 Å². The first kappa shape index (κ1) is 36.7. The quantitative estimate of drug-likeness (QED) is 0.0902. The van der Waals surface area contributed by atoms with Gasteiger partial charge < -0.3 is 28.4 Å². The number of hydrogen-bond donors (Lipinski definition) is 0. The minimum Gasteiger partial charge on any atom is -0.459 e. The van der Waals surface area contributed by atoms with E-state index in [4.69, 9.17) is 28.4 Å². The van der Waals surface area contributed by atoms with Crippen LogP contribution < -0.4 is 0 Å². The third-order valence-electron chi connectivity index (χ3n) is 8.23. The van der Waals surface area contributed by atoms with Crippen molar-refractivity contribution in [3.05, 3.63) is 154 Å². The Morgan fingerprint density at radius 1 is 0.549 bits per heavy atom. The van der Waals surface area contributed by atoms with Crippen LogP contribution in [0.15, 0.2) is 110 Å². The van der Waals surface area contributed by atoms with E-state index in [0.717, 1.165) is 22.3 Å². The monoisotopic (exact) mass is 692 g/mol. The van der Waals surface area contributed by atoms with Gasteiger partial charge in [-0.2, -0.15) is 0 Å². The molecule has 1 heterocycles. The summed E-state index contributed by atoms with van der Waals surface area (Å²) in [6, 6.07) is 26.8. The molecule has 0 bridgehead atoms. The molecule has 5 rings (SSSR count). The van der Waals surface area contributed by atoms with Crippen molar-refractivity contribution in [2.45, 2.75) is 58.4 Å². The van der Waals surface area contributed by atoms with Crippen LogP contribution in [0.4, 0.5) is 0 Å². The highest BCUT2D eigenvalue weighted by Gasteiger charge is 2.53. The van der Waals surface area contributed by atoms with Crippen molar-refractivity contribution < 1.29 is 47.6 Å². The summed E-state index contributed by atoms with van der Waals surface area (Å²) in [5.74, 6) is -2.98. The second-order valence-corrected chi connectivity index (χ2v) is 12.3. The lowest BCUT2D eigenvalue weighted by molar-refractivity contribution is -0.295. The number of esters is 4. The molecule has 0 amide bonds. The molecule has 1 aliphatic rings. The smallest absolute Gasteiger partial charge is 0.338 e. The molecule has 1 aliphatic heterocycles. The van der Waals surface area contributed by atoms with Gasteiger partial charge in [0, 0.05) is 0 Å². The number of carbonyl (C=O) groups excluding carboxylic acids is 4. The minimum absolute atomic E-state index is 0.0500. The fraction of sp³-hybridized carbons (Fsp3) is 0.268. The molecule has 0 saturated carbocycles. The van der Waals surface area contributed by atoms with Crippen LogP contribution in [-0.4, -0.2) is 67.8 Å². The van der Waals surface area contributed by atoms with Gasteiger partial charge in [-0.05, 0) is 76.2 Å². The summed E-state index contributed by atoms with van der Waals surface area (Å²) in [5.41, 5.74) is 4.63. The van der Waals surface area contributed by atoms with Crippen LogP contribution in [0.25, 0.3) is 0 Å². The molecular weight excluding hydrogens is 652 g/mol. The average Bonchev–Trinajstić information content (AvgIpc) is 3.12. The molecule has 5 atom stereocenters. The Morgan fingerprint density at radius 3 is 1.29 bits per heavy atom. The second-order valence-electron chi connectivity index (χ2n) is 12.3. The molecule has 0 unspecified atom stereocenters. The molecular formula is C41H40O10. The molecule has 0 spiro atoms. The Labute approximate surface area is 296 Å². The van der Waals surface area contributed by atoms with Gasteiger partial charge in [0.15, 0.2) is 24.6 Å². The first-order valence-electron chi connectivity index (χ1n) is 16.5. The van der Waals surface area contributed by atoms with E-state index >= 15 is 0 Å². The summed E-state index contributed by atoms with van der Waals surface area (Å²) >= 11 is 0. The van der Waals surface area contributed by atoms with E-state index in [2.05, 4.69) is 6.58 Å². The van der Waals surface area contributed by atoms with Gasteiger partial charge in [-0.25, -0.2) is 19.2 Å². The topological polar surface area (TPSA) is 124 Å². The molecule has 51 heavy (non-hydrogen) atoms. The molecule has 0 aromatic heterocycles. The van der Waals surface area contributed by atoms with Gasteiger partial charge in [-0.1, -0.05) is 76.9 Å². The van der Waals surface area contributed by atoms with Crippen molar-refractivity contribution in [2.24, 2.45) is 0 Å². The number of hydrogen-bond acceptors (Lipinski definition) is 10. The Bertz CT molecular complexity index is 1830. The van der Waals surface area contributed by atoms with E-state index < -0.39 is 61.2 Å². The summed E-state index contributed by atoms with van der Waals surface area (Å²) in [6.07, 6.45) is -5.54. The maximum absolute atomic E-state index is 13.7. The molecule has 264 valence electrons. The highest BCUT2D eigenvalue weighted by atomic mass is 16.7. The number of carbonyl (C=O) groups is 4. The van der Waals surface area contributed by atoms with E-state index in [0.29, 0.717) is 0 Å². The van der Waals surface area contributed by atoms with Gasteiger partial charge in [0.2, 0.25) is 0 Å². The van der Waals surface area contributed by atoms with Crippen molar-refractivity contribution in [2.75, 3.05) is 13.2 Å². The molecule has 10 nitrogen and oxygen atoms in total. The Kier molecular flexibility index (Phi) is 12.2. The molecule has 4 aromatic carbocycles. The Hall–Kier alpha value is -5.58. The average molecular weight is 693 g/mol. The number of ether oxygens (including phenoxy) is 6. The number of rotatable bonds is 12. The lowest BCUT2D eigenvalue weighted by Gasteiger charge is -2.44. The molecule has 0 radical (unpaired) electrons. The minimum atomic E-state index is -1.49. The lowest BCUT2D eigenvalue weighted by atomic mass is 9.97. The fourth-order valence-corrected chi connectivity index (χ4v) is 5.29. The largest absolute Gasteiger partial charge is 0.459 e. The van der Waals surface area contributed by atoms with Crippen molar-refractivity contribution in [3.8, 4) is 0 Å². The van der Waals surface area contributed by atoms with Crippen molar-refractivity contribution in [3.63, 3.8) is 0 Å². The van der Waals surface area contributed by atoms with Gasteiger partial charge in [0.1, 0.15) is 12.7 Å². The van der Waals surface area contributed by atoms with Crippen molar-refractivity contribution in [1.82, 2.24) is 0 Å². The van der Waals surface area contributed by atoms with Crippen LogP contribution in [0.5, 0.6) is 0 Å². The fourth-order valence-electron chi connectivity index (χ4n) is 5.29. The SMILES string of the molecule is C=CCO[C@H]1O[C@H](COC(=O)c2ccc(C)cc2)[C@@H](OC(=O)c2ccc(C)cc2)[C@H](OC(=O)c2ccc(C)cc2)[C@@H]1OC(=O)c1ccc(C)cc1. The third-order valence-corrected chi connectivity index (χ3v) is 8.23. The Balaban J connectivity index is 1.54. The first-order chi connectivity index (χ1) is 24.5. The number of aryl methyl sites for hydroxylation is 4. The first-order valence-corrected chi connectivity index (χ1v) is 16.5. The highest BCUT2D eigenvalue weighted by molar-refractivity contribution is 5.91. The predicted molar refractivity (Wildman–Crippen MR) is 187 cm³/mol. The van der Waals surface area contributed by atoms with Crippen LogP contribution in [0.3, 0.4) is 0 Å². The maximum Gasteiger partial charge on any atom is 0.338 e. The van der Waals surface area contributed by atoms with Gasteiger partial charge >= 0.3 is 23.9 Å². The van der Waals surface area contributed by atoms with E-state index in [-0.39, 0.29) is 28.9 Å². The van der Waals surface area contributed by atoms with E-state index in [9.17, 15) is 19.2 Å². The molecule has 1 fully saturated rings. The van der Waals surface area contributed by atoms with Gasteiger partial charge in [-0.3, -0.25) is 0 Å². The summed E-state index contributed by atoms with van der Waals surface area (Å²) in [4.78, 5) is 54.1. The molecule has 1 saturated heterocycles.